The summed E-state index contributed by atoms with van der Waals surface area (Å²) in [5.41, 5.74) is 1.73. The van der Waals surface area contributed by atoms with Gasteiger partial charge in [0.2, 0.25) is 0 Å². The van der Waals surface area contributed by atoms with E-state index in [-0.39, 0.29) is 0 Å². The number of carbonyl (C=O) groups is 1. The van der Waals surface area contributed by atoms with Gasteiger partial charge in [0.25, 0.3) is 0 Å². The Balaban J connectivity index is 1.52. The molecule has 0 saturated carbocycles. The Morgan fingerprint density at radius 2 is 2.28 bits per heavy atom. The Bertz CT molecular complexity index is 764. The van der Waals surface area contributed by atoms with Crippen molar-refractivity contribution in [3.63, 3.8) is 0 Å². The van der Waals surface area contributed by atoms with Gasteiger partial charge in [0.15, 0.2) is 0 Å². The molecule has 0 amide bonds. The normalized spacial score (nSPS) is 17.9. The lowest BCUT2D eigenvalue weighted by atomic mass is 10.2. The van der Waals surface area contributed by atoms with Crippen molar-refractivity contribution in [1.82, 2.24) is 14.9 Å². The van der Waals surface area contributed by atoms with E-state index in [4.69, 9.17) is 16.7 Å². The van der Waals surface area contributed by atoms with E-state index in [9.17, 15) is 4.79 Å². The summed E-state index contributed by atoms with van der Waals surface area (Å²) in [6, 6.07) is 8.25. The number of aromatic nitrogens is 2. The van der Waals surface area contributed by atoms with E-state index in [1.807, 2.05) is 18.2 Å². The van der Waals surface area contributed by atoms with E-state index in [0.717, 1.165) is 37.2 Å². The first-order valence-corrected chi connectivity index (χ1v) is 8.43. The van der Waals surface area contributed by atoms with Crippen molar-refractivity contribution in [3.8, 4) is 0 Å². The van der Waals surface area contributed by atoms with Gasteiger partial charge >= 0.3 is 5.97 Å². The third kappa shape index (κ3) is 5.27. The number of hydrogen-bond donors (Lipinski definition) is 2. The molecule has 130 valence electrons. The molecule has 0 radical (unpaired) electrons. The number of nitrogens with zero attached hydrogens (tertiary/aromatic N) is 3. The first-order valence-electron chi connectivity index (χ1n) is 8.05. The monoisotopic (exact) mass is 358 g/mol. The van der Waals surface area contributed by atoms with Crippen molar-refractivity contribution in [2.75, 3.05) is 18.4 Å². The minimum atomic E-state index is -1.00. The highest BCUT2D eigenvalue weighted by atomic mass is 35.5. The molecule has 2 N–H and O–H groups in total. The van der Waals surface area contributed by atoms with Crippen LogP contribution in [0.1, 0.15) is 17.7 Å². The SMILES string of the molecule is O=C(O)C=Cc1cnc(N[C@@H]2CCN(Cc3cccc(Cl)c3)C2)cn1. The van der Waals surface area contributed by atoms with Gasteiger partial charge in [0.1, 0.15) is 5.82 Å². The molecule has 25 heavy (non-hydrogen) atoms. The van der Waals surface area contributed by atoms with E-state index in [2.05, 4.69) is 26.3 Å². The van der Waals surface area contributed by atoms with Gasteiger partial charge in [-0.2, -0.15) is 0 Å². The van der Waals surface area contributed by atoms with Crippen molar-refractivity contribution in [3.05, 3.63) is 59.0 Å². The topological polar surface area (TPSA) is 78.3 Å². The van der Waals surface area contributed by atoms with Crippen LogP contribution in [-0.2, 0) is 11.3 Å². The molecule has 1 aliphatic rings. The second kappa shape index (κ2) is 8.09. The molecule has 1 saturated heterocycles. The molecule has 6 nitrogen and oxygen atoms in total. The number of carboxylic acids is 1. The van der Waals surface area contributed by atoms with Gasteiger partial charge in [-0.15, -0.1) is 0 Å². The van der Waals surface area contributed by atoms with Crippen LogP contribution in [0.15, 0.2) is 42.7 Å². The number of rotatable bonds is 6. The first-order chi connectivity index (χ1) is 12.1. The maximum Gasteiger partial charge on any atom is 0.328 e. The minimum Gasteiger partial charge on any atom is -0.478 e. The number of halogens is 1. The summed E-state index contributed by atoms with van der Waals surface area (Å²) < 4.78 is 0. The summed E-state index contributed by atoms with van der Waals surface area (Å²) in [5, 5.41) is 12.7. The van der Waals surface area contributed by atoms with Gasteiger partial charge in [0.05, 0.1) is 18.1 Å². The van der Waals surface area contributed by atoms with Crippen LogP contribution in [0.25, 0.3) is 6.08 Å². The molecule has 0 unspecified atom stereocenters. The fourth-order valence-corrected chi connectivity index (χ4v) is 3.06. The molecule has 3 rings (SSSR count). The van der Waals surface area contributed by atoms with Crippen LogP contribution in [0.5, 0.6) is 0 Å². The highest BCUT2D eigenvalue weighted by Gasteiger charge is 2.22. The molecule has 1 aromatic carbocycles. The first kappa shape index (κ1) is 17.4. The fraction of sp³-hybridized carbons (Fsp3) is 0.278. The molecule has 1 atom stereocenters. The quantitative estimate of drug-likeness (QED) is 0.773. The summed E-state index contributed by atoms with van der Waals surface area (Å²) >= 11 is 6.04. The Kier molecular flexibility index (Phi) is 5.63. The number of likely N-dealkylation sites (tertiary alicyclic amines) is 1. The minimum absolute atomic E-state index is 0.314. The largest absolute Gasteiger partial charge is 0.478 e. The van der Waals surface area contributed by atoms with Gasteiger partial charge in [0, 0.05) is 36.8 Å². The Morgan fingerprint density at radius 1 is 1.40 bits per heavy atom. The van der Waals surface area contributed by atoms with Crippen LogP contribution in [0.4, 0.5) is 5.82 Å². The lowest BCUT2D eigenvalue weighted by Gasteiger charge is -2.17. The van der Waals surface area contributed by atoms with Crippen molar-refractivity contribution >= 4 is 29.5 Å². The third-order valence-corrected chi connectivity index (χ3v) is 4.22. The Hall–Kier alpha value is -2.44. The Morgan fingerprint density at radius 3 is 3.00 bits per heavy atom. The number of hydrogen-bond acceptors (Lipinski definition) is 5. The second-order valence-corrected chi connectivity index (χ2v) is 6.43. The van der Waals surface area contributed by atoms with Crippen molar-refractivity contribution < 1.29 is 9.90 Å². The van der Waals surface area contributed by atoms with Crippen LogP contribution < -0.4 is 5.32 Å². The summed E-state index contributed by atoms with van der Waals surface area (Å²) in [6.07, 6.45) is 6.67. The smallest absolute Gasteiger partial charge is 0.328 e. The van der Waals surface area contributed by atoms with Crippen molar-refractivity contribution in [1.29, 1.82) is 0 Å². The number of benzene rings is 1. The molecular weight excluding hydrogens is 340 g/mol. The van der Waals surface area contributed by atoms with Gasteiger partial charge in [-0.3, -0.25) is 9.88 Å². The zero-order valence-corrected chi connectivity index (χ0v) is 14.4. The summed E-state index contributed by atoms with van der Waals surface area (Å²) in [4.78, 5) is 21.3. The van der Waals surface area contributed by atoms with Crippen LogP contribution in [0.2, 0.25) is 5.02 Å². The van der Waals surface area contributed by atoms with Crippen LogP contribution in [-0.4, -0.2) is 45.1 Å². The molecular formula is C18H19ClN4O2. The lowest BCUT2D eigenvalue weighted by molar-refractivity contribution is -0.131. The van der Waals surface area contributed by atoms with E-state index in [1.54, 1.807) is 12.4 Å². The number of anilines is 1. The van der Waals surface area contributed by atoms with Gasteiger partial charge < -0.3 is 10.4 Å². The highest BCUT2D eigenvalue weighted by molar-refractivity contribution is 6.30. The molecule has 1 fully saturated rings. The number of nitrogens with one attached hydrogen (secondary N) is 1. The van der Waals surface area contributed by atoms with Gasteiger partial charge in [-0.25, -0.2) is 9.78 Å². The molecule has 1 aromatic heterocycles. The number of aliphatic carboxylic acids is 1. The standard InChI is InChI=1S/C18H19ClN4O2/c19-14-3-1-2-13(8-14)11-23-7-6-16(12-23)22-17-10-20-15(9-21-17)4-5-18(24)25/h1-5,8-10,16H,6-7,11-12H2,(H,21,22)(H,24,25)/t16-/m1/s1. The summed E-state index contributed by atoms with van der Waals surface area (Å²) in [5.74, 6) is -0.308. The number of carboxylic acid groups (broad SMARTS) is 1. The second-order valence-electron chi connectivity index (χ2n) is 5.99. The zero-order chi connectivity index (χ0) is 17.6. The lowest BCUT2D eigenvalue weighted by Crippen LogP contribution is -2.26. The average molecular weight is 359 g/mol. The molecule has 1 aliphatic heterocycles. The predicted octanol–water partition coefficient (Wildman–Crippen LogP) is 2.91. The molecule has 2 heterocycles. The van der Waals surface area contributed by atoms with E-state index < -0.39 is 5.97 Å². The molecule has 2 aromatic rings. The van der Waals surface area contributed by atoms with E-state index in [1.165, 1.54) is 11.6 Å². The van der Waals surface area contributed by atoms with E-state index in [0.29, 0.717) is 17.6 Å². The average Bonchev–Trinajstić information content (AvgIpc) is 3.01. The van der Waals surface area contributed by atoms with Crippen LogP contribution in [0.3, 0.4) is 0 Å². The summed E-state index contributed by atoms with van der Waals surface area (Å²) in [7, 11) is 0. The third-order valence-electron chi connectivity index (χ3n) is 3.99. The highest BCUT2D eigenvalue weighted by Crippen LogP contribution is 2.18. The molecule has 0 aliphatic carbocycles. The van der Waals surface area contributed by atoms with Gasteiger partial charge in [-0.05, 0) is 30.2 Å². The maximum atomic E-state index is 10.5. The Labute approximate surface area is 151 Å². The van der Waals surface area contributed by atoms with E-state index >= 15 is 0 Å². The van der Waals surface area contributed by atoms with Crippen molar-refractivity contribution in [2.45, 2.75) is 19.0 Å². The van der Waals surface area contributed by atoms with Gasteiger partial charge in [-0.1, -0.05) is 23.7 Å². The fourth-order valence-electron chi connectivity index (χ4n) is 2.85. The molecule has 0 spiro atoms. The molecule has 7 heteroatoms. The summed E-state index contributed by atoms with van der Waals surface area (Å²) in [6.45, 7) is 2.81. The van der Waals surface area contributed by atoms with Crippen LogP contribution in [0, 0.1) is 0 Å². The molecule has 0 bridgehead atoms. The zero-order valence-electron chi connectivity index (χ0n) is 13.6. The van der Waals surface area contributed by atoms with Crippen molar-refractivity contribution in [2.24, 2.45) is 0 Å². The predicted molar refractivity (Wildman–Crippen MR) is 97.5 cm³/mol. The van der Waals surface area contributed by atoms with Crippen LogP contribution >= 0.6 is 11.6 Å². The maximum absolute atomic E-state index is 10.5.